The van der Waals surface area contributed by atoms with Gasteiger partial charge in [0, 0.05) is 23.5 Å². The van der Waals surface area contributed by atoms with Crippen molar-refractivity contribution < 1.29 is 0 Å². The van der Waals surface area contributed by atoms with E-state index in [0.717, 1.165) is 47.2 Å². The highest BCUT2D eigenvalue weighted by Crippen LogP contribution is 2.34. The number of allylic oxidation sites excluding steroid dienone is 1. The van der Waals surface area contributed by atoms with Crippen molar-refractivity contribution in [1.82, 2.24) is 9.55 Å². The van der Waals surface area contributed by atoms with Crippen LogP contribution in [-0.2, 0) is 25.8 Å². The van der Waals surface area contributed by atoms with Crippen LogP contribution in [0.2, 0.25) is 0 Å². The zero-order valence-corrected chi connectivity index (χ0v) is 19.9. The van der Waals surface area contributed by atoms with E-state index < -0.39 is 0 Å². The fraction of sp³-hybridized carbons (Fsp3) is 0.214. The summed E-state index contributed by atoms with van der Waals surface area (Å²) in [5.74, 6) is 1.11. The molecule has 0 fully saturated rings. The molecule has 158 valence electrons. The van der Waals surface area contributed by atoms with E-state index >= 15 is 0 Å². The lowest BCUT2D eigenvalue weighted by molar-refractivity contribution is 0.751. The molecule has 1 aliphatic carbocycles. The maximum atomic E-state index is 9.45. The van der Waals surface area contributed by atoms with Crippen LogP contribution in [0.25, 0.3) is 16.6 Å². The van der Waals surface area contributed by atoms with Gasteiger partial charge in [0.25, 0.3) is 0 Å². The fourth-order valence-electron chi connectivity index (χ4n) is 4.88. The van der Waals surface area contributed by atoms with Crippen molar-refractivity contribution >= 4 is 32.5 Å². The van der Waals surface area contributed by atoms with Crippen molar-refractivity contribution in [2.24, 2.45) is 0 Å². The van der Waals surface area contributed by atoms with Crippen LogP contribution in [0.4, 0.5) is 0 Å². The Morgan fingerprint density at radius 1 is 1.06 bits per heavy atom. The van der Waals surface area contributed by atoms with Gasteiger partial charge in [-0.15, -0.1) is 0 Å². The molecule has 0 saturated carbocycles. The summed E-state index contributed by atoms with van der Waals surface area (Å²) in [7, 11) is 0. The number of imidazole rings is 1. The van der Waals surface area contributed by atoms with Crippen LogP contribution in [0.5, 0.6) is 0 Å². The molecule has 0 N–H and O–H groups in total. The molecular formula is C28H24BrN3. The molecule has 4 aromatic rings. The van der Waals surface area contributed by atoms with Crippen LogP contribution in [0.1, 0.15) is 46.1 Å². The maximum absolute atomic E-state index is 9.45. The summed E-state index contributed by atoms with van der Waals surface area (Å²) in [4.78, 5) is 4.93. The van der Waals surface area contributed by atoms with Crippen LogP contribution in [0, 0.1) is 18.3 Å². The molecule has 1 aliphatic rings. The second-order valence-electron chi connectivity index (χ2n) is 8.39. The Morgan fingerprint density at radius 3 is 2.66 bits per heavy atom. The quantitative estimate of drug-likeness (QED) is 0.303. The first-order valence-electron chi connectivity index (χ1n) is 11.0. The standard InChI is InChI=1S/C28H24BrN3/c1-3-27-31-28-18(2)14-22(29)16-26(28)32(27)17-19-8-11-24-21(15-19)10-9-20-6-4-5-7-23(20)25(24)12-13-30/h4-8,11-12,14-16H,3,9-10,17H2,1-2H3/b25-12+. The normalized spacial score (nSPS) is 14.1. The highest BCUT2D eigenvalue weighted by Gasteiger charge is 2.19. The third kappa shape index (κ3) is 3.57. The number of halogens is 1. The minimum absolute atomic E-state index is 0.785. The maximum Gasteiger partial charge on any atom is 0.109 e. The molecule has 5 rings (SSSR count). The van der Waals surface area contributed by atoms with Crippen molar-refractivity contribution in [2.45, 2.75) is 39.7 Å². The van der Waals surface area contributed by atoms with Crippen LogP contribution in [0.15, 0.2) is 65.1 Å². The number of nitriles is 1. The molecule has 0 unspecified atom stereocenters. The Bertz CT molecular complexity index is 1420. The largest absolute Gasteiger partial charge is 0.323 e. The lowest BCUT2D eigenvalue weighted by Crippen LogP contribution is -2.05. The number of fused-ring (bicyclic) bond motifs is 3. The number of rotatable bonds is 3. The summed E-state index contributed by atoms with van der Waals surface area (Å²) >= 11 is 3.65. The van der Waals surface area contributed by atoms with Crippen LogP contribution < -0.4 is 0 Å². The smallest absolute Gasteiger partial charge is 0.109 e. The number of aryl methyl sites for hydroxylation is 4. The summed E-state index contributed by atoms with van der Waals surface area (Å²) in [5.41, 5.74) is 10.7. The summed E-state index contributed by atoms with van der Waals surface area (Å²) < 4.78 is 3.42. The predicted molar refractivity (Wildman–Crippen MR) is 134 cm³/mol. The lowest BCUT2D eigenvalue weighted by atomic mass is 9.93. The molecule has 1 aromatic heterocycles. The van der Waals surface area contributed by atoms with Gasteiger partial charge in [-0.2, -0.15) is 5.26 Å². The van der Waals surface area contributed by atoms with Gasteiger partial charge in [-0.1, -0.05) is 65.3 Å². The zero-order chi connectivity index (χ0) is 22.2. The first kappa shape index (κ1) is 20.7. The fourth-order valence-corrected chi connectivity index (χ4v) is 5.44. The number of nitrogens with zero attached hydrogens (tertiary/aromatic N) is 3. The van der Waals surface area contributed by atoms with Crippen LogP contribution in [0.3, 0.4) is 0 Å². The molecule has 0 spiro atoms. The van der Waals surface area contributed by atoms with Gasteiger partial charge in [0.2, 0.25) is 0 Å². The average molecular weight is 482 g/mol. The predicted octanol–water partition coefficient (Wildman–Crippen LogP) is 6.77. The topological polar surface area (TPSA) is 41.6 Å². The SMILES string of the molecule is CCc1nc2c(C)cc(Br)cc2n1Cc1ccc2c(c1)CCc1ccccc1/C2=C\C#N. The Kier molecular flexibility index (Phi) is 5.45. The second-order valence-corrected chi connectivity index (χ2v) is 9.31. The first-order chi connectivity index (χ1) is 15.6. The van der Waals surface area contributed by atoms with E-state index in [9.17, 15) is 5.26 Å². The van der Waals surface area contributed by atoms with Crippen molar-refractivity contribution in [2.75, 3.05) is 0 Å². The Balaban J connectivity index is 1.59. The minimum Gasteiger partial charge on any atom is -0.323 e. The van der Waals surface area contributed by atoms with Gasteiger partial charge in [0.05, 0.1) is 17.1 Å². The summed E-state index contributed by atoms with van der Waals surface area (Å²) in [6.45, 7) is 5.06. The average Bonchev–Trinajstić information content (AvgIpc) is 3.06. The van der Waals surface area contributed by atoms with Gasteiger partial charge >= 0.3 is 0 Å². The molecule has 0 amide bonds. The van der Waals surface area contributed by atoms with Crippen LogP contribution in [-0.4, -0.2) is 9.55 Å². The van der Waals surface area contributed by atoms with Crippen molar-refractivity contribution in [1.29, 1.82) is 5.26 Å². The summed E-state index contributed by atoms with van der Waals surface area (Å²) in [6, 6.07) is 21.7. The highest BCUT2D eigenvalue weighted by atomic mass is 79.9. The van der Waals surface area contributed by atoms with Gasteiger partial charge in [-0.05, 0) is 70.9 Å². The summed E-state index contributed by atoms with van der Waals surface area (Å²) in [5, 5.41) is 9.45. The van der Waals surface area contributed by atoms with Crippen molar-refractivity contribution in [3.8, 4) is 6.07 Å². The van der Waals surface area contributed by atoms with E-state index in [1.807, 2.05) is 0 Å². The second kappa shape index (κ2) is 8.41. The number of hydrogen-bond acceptors (Lipinski definition) is 2. The molecule has 0 radical (unpaired) electrons. The minimum atomic E-state index is 0.785. The zero-order valence-electron chi connectivity index (χ0n) is 18.3. The molecule has 1 heterocycles. The van der Waals surface area contributed by atoms with Gasteiger partial charge in [-0.3, -0.25) is 0 Å². The number of benzene rings is 3. The van der Waals surface area contributed by atoms with E-state index in [0.29, 0.717) is 0 Å². The monoisotopic (exact) mass is 481 g/mol. The van der Waals surface area contributed by atoms with E-state index in [2.05, 4.69) is 95.0 Å². The number of hydrogen-bond donors (Lipinski definition) is 0. The Morgan fingerprint density at radius 2 is 1.84 bits per heavy atom. The molecule has 0 saturated heterocycles. The Hall–Kier alpha value is -3.16. The third-order valence-corrected chi connectivity index (χ3v) is 6.84. The summed E-state index contributed by atoms with van der Waals surface area (Å²) in [6.07, 6.45) is 4.54. The van der Waals surface area contributed by atoms with Gasteiger partial charge in [0.15, 0.2) is 0 Å². The number of aromatic nitrogens is 2. The highest BCUT2D eigenvalue weighted by molar-refractivity contribution is 9.10. The Labute approximate surface area is 197 Å². The molecule has 32 heavy (non-hydrogen) atoms. The molecule has 3 aromatic carbocycles. The lowest BCUT2D eigenvalue weighted by Gasteiger charge is -2.14. The molecule has 0 bridgehead atoms. The van der Waals surface area contributed by atoms with E-state index in [1.54, 1.807) is 6.08 Å². The van der Waals surface area contributed by atoms with Gasteiger partial charge in [-0.25, -0.2) is 4.98 Å². The van der Waals surface area contributed by atoms with Crippen molar-refractivity contribution in [3.05, 3.63) is 104 Å². The van der Waals surface area contributed by atoms with Gasteiger partial charge in [0.1, 0.15) is 5.82 Å². The third-order valence-electron chi connectivity index (χ3n) is 6.39. The molecular weight excluding hydrogens is 458 g/mol. The molecule has 4 heteroatoms. The van der Waals surface area contributed by atoms with Gasteiger partial charge < -0.3 is 4.57 Å². The van der Waals surface area contributed by atoms with E-state index in [4.69, 9.17) is 4.98 Å². The van der Waals surface area contributed by atoms with Crippen LogP contribution >= 0.6 is 15.9 Å². The molecule has 0 aliphatic heterocycles. The van der Waals surface area contributed by atoms with Crippen molar-refractivity contribution in [3.63, 3.8) is 0 Å². The molecule has 0 atom stereocenters. The first-order valence-corrected chi connectivity index (χ1v) is 11.8. The van der Waals surface area contributed by atoms with E-state index in [1.165, 1.54) is 38.9 Å². The molecule has 3 nitrogen and oxygen atoms in total. The van der Waals surface area contributed by atoms with E-state index in [-0.39, 0.29) is 0 Å².